The van der Waals surface area contributed by atoms with Crippen molar-refractivity contribution in [2.75, 3.05) is 7.11 Å². The summed E-state index contributed by atoms with van der Waals surface area (Å²) in [5, 5.41) is 0.945. The summed E-state index contributed by atoms with van der Waals surface area (Å²) in [6, 6.07) is 12.6. The number of aromatic amines is 1. The summed E-state index contributed by atoms with van der Waals surface area (Å²) in [4.78, 5) is 29.4. The Morgan fingerprint density at radius 1 is 1.04 bits per heavy atom. The number of nitrogens with zero attached hydrogens (tertiary/aromatic N) is 1. The molecule has 0 bridgehead atoms. The van der Waals surface area contributed by atoms with E-state index < -0.39 is 0 Å². The fraction of sp³-hybridized carbons (Fsp3) is 0.111. The van der Waals surface area contributed by atoms with Gasteiger partial charge in [-0.2, -0.15) is 0 Å². The second-order valence-corrected chi connectivity index (χ2v) is 5.47. The largest absolute Gasteiger partial charge is 0.497 e. The quantitative estimate of drug-likeness (QED) is 0.757. The fourth-order valence-corrected chi connectivity index (χ4v) is 2.97. The number of rotatable bonds is 3. The van der Waals surface area contributed by atoms with Crippen molar-refractivity contribution in [1.29, 1.82) is 0 Å². The number of carbonyl (C=O) groups excluding carboxylic acids is 2. The van der Waals surface area contributed by atoms with Crippen LogP contribution < -0.4 is 4.74 Å². The van der Waals surface area contributed by atoms with Crippen LogP contribution in [0, 0.1) is 0 Å². The van der Waals surface area contributed by atoms with Crippen LogP contribution in [0.2, 0.25) is 0 Å². The Hall–Kier alpha value is -3.08. The third-order valence-electron chi connectivity index (χ3n) is 4.18. The molecule has 5 nitrogen and oxygen atoms in total. The summed E-state index contributed by atoms with van der Waals surface area (Å²) in [5.74, 6) is 0.242. The topological polar surface area (TPSA) is 62.4 Å². The minimum Gasteiger partial charge on any atom is -0.497 e. The minimum atomic E-state index is -0.247. The lowest BCUT2D eigenvalue weighted by molar-refractivity contribution is 0.0643. The van der Waals surface area contributed by atoms with E-state index in [0.29, 0.717) is 11.1 Å². The average Bonchev–Trinajstić information content (AvgIpc) is 3.10. The highest BCUT2D eigenvalue weighted by atomic mass is 16.5. The number of hydrogen-bond donors (Lipinski definition) is 1. The smallest absolute Gasteiger partial charge is 0.261 e. The van der Waals surface area contributed by atoms with Gasteiger partial charge in [0.15, 0.2) is 0 Å². The van der Waals surface area contributed by atoms with Gasteiger partial charge in [0.2, 0.25) is 0 Å². The normalized spacial score (nSPS) is 13.7. The van der Waals surface area contributed by atoms with Crippen LogP contribution in [0.15, 0.2) is 48.7 Å². The number of carbonyl (C=O) groups is 2. The number of hydrogen-bond acceptors (Lipinski definition) is 3. The molecule has 1 N–H and O–H groups in total. The highest BCUT2D eigenvalue weighted by molar-refractivity contribution is 6.21. The molecule has 1 aromatic heterocycles. The third kappa shape index (κ3) is 2.01. The summed E-state index contributed by atoms with van der Waals surface area (Å²) in [5.41, 5.74) is 2.76. The fourth-order valence-electron chi connectivity index (χ4n) is 2.97. The maximum Gasteiger partial charge on any atom is 0.261 e. The first kappa shape index (κ1) is 13.6. The number of amides is 2. The van der Waals surface area contributed by atoms with Crippen molar-refractivity contribution >= 4 is 22.7 Å². The standard InChI is InChI=1S/C18H14N2O3/c1-23-12-6-7-16-15(8-12)11(9-19-16)10-20-17(21)13-4-2-3-5-14(13)18(20)22/h2-9,19H,10H2,1H3. The molecule has 2 amide bonds. The number of benzene rings is 2. The molecule has 1 aliphatic heterocycles. The molecule has 114 valence electrons. The lowest BCUT2D eigenvalue weighted by Gasteiger charge is -2.13. The van der Waals surface area contributed by atoms with Crippen LogP contribution in [0.3, 0.4) is 0 Å². The predicted molar refractivity (Wildman–Crippen MR) is 85.5 cm³/mol. The molecule has 0 radical (unpaired) electrons. The second-order valence-electron chi connectivity index (χ2n) is 5.47. The number of methoxy groups -OCH3 is 1. The maximum atomic E-state index is 12.5. The van der Waals surface area contributed by atoms with E-state index in [2.05, 4.69) is 4.98 Å². The van der Waals surface area contributed by atoms with Gasteiger partial charge < -0.3 is 9.72 Å². The van der Waals surface area contributed by atoms with Gasteiger partial charge in [-0.3, -0.25) is 14.5 Å². The molecule has 2 aromatic carbocycles. The minimum absolute atomic E-state index is 0.236. The van der Waals surface area contributed by atoms with Gasteiger partial charge in [0.1, 0.15) is 5.75 Å². The van der Waals surface area contributed by atoms with E-state index in [-0.39, 0.29) is 18.4 Å². The molecular formula is C18H14N2O3. The van der Waals surface area contributed by atoms with Crippen molar-refractivity contribution in [3.05, 3.63) is 65.4 Å². The van der Waals surface area contributed by atoms with E-state index in [1.165, 1.54) is 4.90 Å². The molecule has 0 aliphatic carbocycles. The van der Waals surface area contributed by atoms with E-state index in [0.717, 1.165) is 22.2 Å². The van der Waals surface area contributed by atoms with E-state index >= 15 is 0 Å². The van der Waals surface area contributed by atoms with Gasteiger partial charge in [0.25, 0.3) is 11.8 Å². The van der Waals surface area contributed by atoms with Crippen LogP contribution in [-0.4, -0.2) is 28.8 Å². The molecule has 4 rings (SSSR count). The first-order valence-electron chi connectivity index (χ1n) is 7.28. The molecular weight excluding hydrogens is 292 g/mol. The van der Waals surface area contributed by atoms with Crippen molar-refractivity contribution in [3.8, 4) is 5.75 Å². The molecule has 0 saturated heterocycles. The van der Waals surface area contributed by atoms with Gasteiger partial charge in [-0.15, -0.1) is 0 Å². The first-order valence-corrected chi connectivity index (χ1v) is 7.28. The highest BCUT2D eigenvalue weighted by Crippen LogP contribution is 2.28. The molecule has 1 aliphatic rings. The van der Waals surface area contributed by atoms with Gasteiger partial charge >= 0.3 is 0 Å². The van der Waals surface area contributed by atoms with E-state index in [1.54, 1.807) is 31.4 Å². The molecule has 0 saturated carbocycles. The first-order chi connectivity index (χ1) is 11.2. The van der Waals surface area contributed by atoms with Crippen molar-refractivity contribution in [3.63, 3.8) is 0 Å². The van der Waals surface area contributed by atoms with Crippen molar-refractivity contribution in [1.82, 2.24) is 9.88 Å². The lowest BCUT2D eigenvalue weighted by atomic mass is 10.1. The Morgan fingerprint density at radius 3 is 2.39 bits per heavy atom. The molecule has 0 spiro atoms. The number of nitrogens with one attached hydrogen (secondary N) is 1. The Labute approximate surface area is 132 Å². The van der Waals surface area contributed by atoms with Crippen LogP contribution in [0.25, 0.3) is 10.9 Å². The zero-order valence-corrected chi connectivity index (χ0v) is 12.5. The molecule has 0 fully saturated rings. The molecule has 3 aromatic rings. The van der Waals surface area contributed by atoms with Gasteiger partial charge in [-0.25, -0.2) is 0 Å². The molecule has 2 heterocycles. The molecule has 5 heteroatoms. The molecule has 0 atom stereocenters. The zero-order chi connectivity index (χ0) is 16.0. The maximum absolute atomic E-state index is 12.5. The lowest BCUT2D eigenvalue weighted by Crippen LogP contribution is -2.28. The number of H-pyrrole nitrogens is 1. The average molecular weight is 306 g/mol. The van der Waals surface area contributed by atoms with Gasteiger partial charge in [0, 0.05) is 17.1 Å². The van der Waals surface area contributed by atoms with Crippen LogP contribution in [0.4, 0.5) is 0 Å². The van der Waals surface area contributed by atoms with E-state index in [1.807, 2.05) is 24.4 Å². The number of ether oxygens (including phenoxy) is 1. The summed E-state index contributed by atoms with van der Waals surface area (Å²) in [6.45, 7) is 0.236. The summed E-state index contributed by atoms with van der Waals surface area (Å²) in [7, 11) is 1.61. The number of fused-ring (bicyclic) bond motifs is 2. The zero-order valence-electron chi connectivity index (χ0n) is 12.5. The molecule has 0 unspecified atom stereocenters. The van der Waals surface area contributed by atoms with Gasteiger partial charge in [0.05, 0.1) is 24.8 Å². The number of aromatic nitrogens is 1. The van der Waals surface area contributed by atoms with Crippen LogP contribution >= 0.6 is 0 Å². The highest BCUT2D eigenvalue weighted by Gasteiger charge is 2.35. The summed E-state index contributed by atoms with van der Waals surface area (Å²) >= 11 is 0. The summed E-state index contributed by atoms with van der Waals surface area (Å²) in [6.07, 6.45) is 1.83. The Bertz CT molecular complexity index is 907. The number of imide groups is 1. The van der Waals surface area contributed by atoms with Crippen molar-refractivity contribution in [2.45, 2.75) is 6.54 Å². The monoisotopic (exact) mass is 306 g/mol. The molecule has 23 heavy (non-hydrogen) atoms. The predicted octanol–water partition coefficient (Wildman–Crippen LogP) is 2.97. The van der Waals surface area contributed by atoms with E-state index in [9.17, 15) is 9.59 Å². The van der Waals surface area contributed by atoms with Crippen LogP contribution in [0.5, 0.6) is 5.75 Å². The summed E-state index contributed by atoms with van der Waals surface area (Å²) < 4.78 is 5.25. The third-order valence-corrected chi connectivity index (χ3v) is 4.18. The van der Waals surface area contributed by atoms with Crippen molar-refractivity contribution < 1.29 is 14.3 Å². The van der Waals surface area contributed by atoms with Crippen LogP contribution in [0.1, 0.15) is 26.3 Å². The van der Waals surface area contributed by atoms with Gasteiger partial charge in [-0.1, -0.05) is 12.1 Å². The van der Waals surface area contributed by atoms with Crippen molar-refractivity contribution in [2.24, 2.45) is 0 Å². The Balaban J connectivity index is 1.72. The Kier molecular flexibility index (Phi) is 2.94. The van der Waals surface area contributed by atoms with Crippen LogP contribution in [-0.2, 0) is 6.54 Å². The van der Waals surface area contributed by atoms with Gasteiger partial charge in [-0.05, 0) is 35.9 Å². The Morgan fingerprint density at radius 2 is 1.74 bits per heavy atom. The second kappa shape index (κ2) is 4.98. The van der Waals surface area contributed by atoms with E-state index in [4.69, 9.17) is 4.74 Å². The SMILES string of the molecule is COc1ccc2[nH]cc(CN3C(=O)c4ccccc4C3=O)c2c1.